The molecular weight excluding hydrogens is 292 g/mol. The molecule has 0 spiro atoms. The maximum atomic E-state index is 11.8. The van der Waals surface area contributed by atoms with Gasteiger partial charge in [-0.25, -0.2) is 9.59 Å². The lowest BCUT2D eigenvalue weighted by Crippen LogP contribution is -2.31. The average molecular weight is 308 g/mol. The van der Waals surface area contributed by atoms with Crippen molar-refractivity contribution in [1.82, 2.24) is 15.1 Å². The van der Waals surface area contributed by atoms with Crippen molar-refractivity contribution in [3.05, 3.63) is 34.5 Å². The number of urea groups is 1. The highest BCUT2D eigenvalue weighted by molar-refractivity contribution is 7.16. The van der Waals surface area contributed by atoms with Crippen molar-refractivity contribution < 1.29 is 14.7 Å². The Morgan fingerprint density at radius 2 is 2.19 bits per heavy atom. The molecule has 2 aromatic rings. The maximum absolute atomic E-state index is 11.8. The summed E-state index contributed by atoms with van der Waals surface area (Å²) in [7, 11) is 0. The lowest BCUT2D eigenvalue weighted by molar-refractivity contribution is 0.0697. The Labute approximate surface area is 125 Å². The highest BCUT2D eigenvalue weighted by Gasteiger charge is 2.20. The first-order valence-corrected chi connectivity index (χ1v) is 7.16. The summed E-state index contributed by atoms with van der Waals surface area (Å²) in [5, 5.41) is 18.8. The molecule has 0 unspecified atom stereocenters. The van der Waals surface area contributed by atoms with Crippen LogP contribution in [0.1, 0.15) is 20.8 Å². The number of rotatable bonds is 5. The largest absolute Gasteiger partial charge is 0.478 e. The number of hydrogen-bond donors (Lipinski definition) is 3. The minimum Gasteiger partial charge on any atom is -0.478 e. The van der Waals surface area contributed by atoms with Gasteiger partial charge in [-0.2, -0.15) is 5.10 Å². The summed E-state index contributed by atoms with van der Waals surface area (Å²) in [5.74, 6) is -1.04. The molecule has 0 aliphatic heterocycles. The van der Waals surface area contributed by atoms with Gasteiger partial charge in [0.05, 0.1) is 12.1 Å². The van der Waals surface area contributed by atoms with Crippen LogP contribution in [0.5, 0.6) is 0 Å². The van der Waals surface area contributed by atoms with Crippen molar-refractivity contribution in [2.45, 2.75) is 20.4 Å². The van der Waals surface area contributed by atoms with E-state index >= 15 is 0 Å². The van der Waals surface area contributed by atoms with E-state index in [9.17, 15) is 14.7 Å². The average Bonchev–Trinajstić information content (AvgIpc) is 2.99. The predicted octanol–water partition coefficient (Wildman–Crippen LogP) is 2.08. The summed E-state index contributed by atoms with van der Waals surface area (Å²) in [6.45, 7) is 4.51. The minimum atomic E-state index is -1.04. The number of aryl methyl sites for hydroxylation is 1. The van der Waals surface area contributed by atoms with Gasteiger partial charge >= 0.3 is 12.0 Å². The van der Waals surface area contributed by atoms with E-state index in [1.165, 1.54) is 11.3 Å². The van der Waals surface area contributed by atoms with Crippen molar-refractivity contribution in [2.75, 3.05) is 11.9 Å². The van der Waals surface area contributed by atoms with Crippen LogP contribution < -0.4 is 10.6 Å². The number of anilines is 1. The van der Waals surface area contributed by atoms with Crippen LogP contribution in [0.25, 0.3) is 0 Å². The van der Waals surface area contributed by atoms with Gasteiger partial charge in [-0.15, -0.1) is 11.3 Å². The molecule has 2 heterocycles. The van der Waals surface area contributed by atoms with Crippen molar-refractivity contribution in [1.29, 1.82) is 0 Å². The van der Waals surface area contributed by atoms with Crippen LogP contribution >= 0.6 is 11.3 Å². The molecular formula is C13H16N4O3S. The molecule has 0 bridgehead atoms. The van der Waals surface area contributed by atoms with Crippen LogP contribution in [-0.2, 0) is 6.54 Å². The fourth-order valence-electron chi connectivity index (χ4n) is 1.84. The van der Waals surface area contributed by atoms with Crippen LogP contribution in [0.2, 0.25) is 0 Å². The Morgan fingerprint density at radius 1 is 1.43 bits per heavy atom. The molecule has 0 saturated carbocycles. The van der Waals surface area contributed by atoms with Gasteiger partial charge < -0.3 is 10.4 Å². The van der Waals surface area contributed by atoms with Gasteiger partial charge in [0.25, 0.3) is 0 Å². The Bertz CT molecular complexity index is 649. The quantitative estimate of drug-likeness (QED) is 0.788. The number of aromatic nitrogens is 2. The summed E-state index contributed by atoms with van der Waals surface area (Å²) >= 11 is 1.26. The molecule has 7 nitrogen and oxygen atoms in total. The number of carbonyl (C=O) groups excluding carboxylic acids is 1. The number of nitrogens with one attached hydrogen (secondary N) is 2. The molecule has 0 aliphatic rings. The lowest BCUT2D eigenvalue weighted by Gasteiger charge is -2.07. The summed E-state index contributed by atoms with van der Waals surface area (Å²) < 4.78 is 1.70. The van der Waals surface area contributed by atoms with Crippen molar-refractivity contribution >= 4 is 28.3 Å². The summed E-state index contributed by atoms with van der Waals surface area (Å²) in [5.41, 5.74) is 0.832. The molecule has 2 aromatic heterocycles. The molecule has 0 aliphatic carbocycles. The van der Waals surface area contributed by atoms with E-state index in [1.807, 2.05) is 6.92 Å². The predicted molar refractivity (Wildman–Crippen MR) is 80.0 cm³/mol. The van der Waals surface area contributed by atoms with Gasteiger partial charge in [-0.1, -0.05) is 0 Å². The monoisotopic (exact) mass is 308 g/mol. The fraction of sp³-hybridized carbons (Fsp3) is 0.308. The fourth-order valence-corrected chi connectivity index (χ4v) is 2.88. The maximum Gasteiger partial charge on any atom is 0.338 e. The van der Waals surface area contributed by atoms with Gasteiger partial charge in [0.15, 0.2) is 0 Å². The highest BCUT2D eigenvalue weighted by Crippen LogP contribution is 2.32. The van der Waals surface area contributed by atoms with Gasteiger partial charge in [0, 0.05) is 23.8 Å². The molecule has 0 aromatic carbocycles. The number of amides is 2. The zero-order valence-electron chi connectivity index (χ0n) is 11.7. The summed E-state index contributed by atoms with van der Waals surface area (Å²) in [6, 6.07) is 1.38. The lowest BCUT2D eigenvalue weighted by atomic mass is 10.1. The molecule has 0 radical (unpaired) electrons. The first kappa shape index (κ1) is 15.0. The molecule has 2 amide bonds. The number of nitrogens with zero attached hydrogens (tertiary/aromatic N) is 2. The third-order valence-corrected chi connectivity index (χ3v) is 4.13. The Morgan fingerprint density at radius 3 is 2.81 bits per heavy atom. The smallest absolute Gasteiger partial charge is 0.338 e. The van der Waals surface area contributed by atoms with Gasteiger partial charge in [0.1, 0.15) is 5.00 Å². The number of hydrogen-bond acceptors (Lipinski definition) is 4. The van der Waals surface area contributed by atoms with Crippen LogP contribution in [0.15, 0.2) is 18.5 Å². The van der Waals surface area contributed by atoms with Crippen LogP contribution in [0.4, 0.5) is 9.80 Å². The third-order valence-electron chi connectivity index (χ3n) is 3.01. The highest BCUT2D eigenvalue weighted by atomic mass is 32.1. The minimum absolute atomic E-state index is 0.153. The Kier molecular flexibility index (Phi) is 4.59. The Balaban J connectivity index is 1.93. The number of aromatic carboxylic acids is 1. The summed E-state index contributed by atoms with van der Waals surface area (Å²) in [4.78, 5) is 23.9. The molecule has 3 N–H and O–H groups in total. The topological polar surface area (TPSA) is 96.3 Å². The zero-order valence-corrected chi connectivity index (χ0v) is 12.5. The van der Waals surface area contributed by atoms with Crippen LogP contribution in [-0.4, -0.2) is 33.4 Å². The standard InChI is InChI=1S/C13H16N4O3S/c1-8-9(2)21-11(10(8)12(18)19)16-13(20)14-5-7-17-6-3-4-15-17/h3-4,6H,5,7H2,1-2H3,(H,18,19)(H2,14,16,20). The van der Waals surface area contributed by atoms with Crippen molar-refractivity contribution in [3.8, 4) is 0 Å². The van der Waals surface area contributed by atoms with E-state index in [0.717, 1.165) is 4.88 Å². The van der Waals surface area contributed by atoms with Gasteiger partial charge in [-0.05, 0) is 25.5 Å². The summed E-state index contributed by atoms with van der Waals surface area (Å²) in [6.07, 6.45) is 3.46. The number of carboxylic acid groups (broad SMARTS) is 1. The molecule has 0 saturated heterocycles. The van der Waals surface area contributed by atoms with E-state index in [4.69, 9.17) is 0 Å². The second-order valence-electron chi connectivity index (χ2n) is 4.44. The molecule has 0 atom stereocenters. The Hall–Kier alpha value is -2.35. The number of thiophene rings is 1. The van der Waals surface area contributed by atoms with E-state index < -0.39 is 12.0 Å². The van der Waals surface area contributed by atoms with E-state index in [0.29, 0.717) is 23.7 Å². The van der Waals surface area contributed by atoms with Crippen LogP contribution in [0.3, 0.4) is 0 Å². The SMILES string of the molecule is Cc1sc(NC(=O)NCCn2cccn2)c(C(=O)O)c1C. The van der Waals surface area contributed by atoms with E-state index in [2.05, 4.69) is 15.7 Å². The number of carbonyl (C=O) groups is 2. The first-order chi connectivity index (χ1) is 9.99. The molecule has 2 rings (SSSR count). The van der Waals surface area contributed by atoms with Crippen LogP contribution in [0, 0.1) is 13.8 Å². The molecule has 112 valence electrons. The van der Waals surface area contributed by atoms with Crippen molar-refractivity contribution in [2.24, 2.45) is 0 Å². The van der Waals surface area contributed by atoms with Crippen molar-refractivity contribution in [3.63, 3.8) is 0 Å². The van der Waals surface area contributed by atoms with Gasteiger partial charge in [0.2, 0.25) is 0 Å². The second-order valence-corrected chi connectivity index (χ2v) is 5.67. The first-order valence-electron chi connectivity index (χ1n) is 6.34. The zero-order chi connectivity index (χ0) is 15.4. The van der Waals surface area contributed by atoms with Gasteiger partial charge in [-0.3, -0.25) is 10.00 Å². The number of carboxylic acids is 1. The molecule has 0 fully saturated rings. The normalized spacial score (nSPS) is 10.4. The molecule has 8 heteroatoms. The van der Waals surface area contributed by atoms with E-state index in [1.54, 1.807) is 30.1 Å². The van der Waals surface area contributed by atoms with E-state index in [-0.39, 0.29) is 5.56 Å². The molecule has 21 heavy (non-hydrogen) atoms. The second kappa shape index (κ2) is 6.40. The third kappa shape index (κ3) is 3.60.